The molecule has 0 atom stereocenters. The molecule has 0 amide bonds. The average Bonchev–Trinajstić information content (AvgIpc) is 2.54. The van der Waals surface area contributed by atoms with Crippen LogP contribution in [0, 0.1) is 0 Å². The van der Waals surface area contributed by atoms with E-state index >= 15 is 0 Å². The summed E-state index contributed by atoms with van der Waals surface area (Å²) < 4.78 is 7.52. The van der Waals surface area contributed by atoms with E-state index in [4.69, 9.17) is 4.74 Å². The van der Waals surface area contributed by atoms with E-state index in [1.54, 1.807) is 11.8 Å². The van der Waals surface area contributed by atoms with Gasteiger partial charge in [0.15, 0.2) is 11.3 Å². The summed E-state index contributed by atoms with van der Waals surface area (Å²) in [6.45, 7) is 6.15. The third-order valence-electron chi connectivity index (χ3n) is 3.38. The molecule has 2 aromatic heterocycles. The smallest absolute Gasteiger partial charge is 0.356 e. The fraction of sp³-hybridized carbons (Fsp3) is 0.538. The SMILES string of the molecule is CC[n+]1ccnc2c(N3CCOCC3)nc(SC)nc21. The number of hydrogen-bond donors (Lipinski definition) is 0. The van der Waals surface area contributed by atoms with Gasteiger partial charge in [-0.2, -0.15) is 4.98 Å². The maximum absolute atomic E-state index is 5.42. The highest BCUT2D eigenvalue weighted by Gasteiger charge is 2.23. The Morgan fingerprint density at radius 1 is 1.35 bits per heavy atom. The molecule has 106 valence electrons. The van der Waals surface area contributed by atoms with Crippen LogP contribution in [0.15, 0.2) is 17.6 Å². The van der Waals surface area contributed by atoms with Crippen molar-refractivity contribution in [2.75, 3.05) is 37.5 Å². The predicted molar refractivity (Wildman–Crippen MR) is 78.0 cm³/mol. The van der Waals surface area contributed by atoms with Crippen LogP contribution in [0.5, 0.6) is 0 Å². The first-order chi connectivity index (χ1) is 9.83. The van der Waals surface area contributed by atoms with Crippen LogP contribution in [-0.2, 0) is 11.3 Å². The number of aryl methyl sites for hydroxylation is 1. The molecule has 0 saturated carbocycles. The second-order valence-corrected chi connectivity index (χ2v) is 5.29. The molecule has 1 aliphatic rings. The second-order valence-electron chi connectivity index (χ2n) is 4.52. The molecule has 0 bridgehead atoms. The molecule has 0 unspecified atom stereocenters. The number of ether oxygens (including phenoxy) is 1. The van der Waals surface area contributed by atoms with Gasteiger partial charge in [-0.15, -0.1) is 0 Å². The molecule has 0 aromatic carbocycles. The summed E-state index contributed by atoms with van der Waals surface area (Å²) in [6.07, 6.45) is 5.78. The van der Waals surface area contributed by atoms with Crippen LogP contribution in [0.3, 0.4) is 0 Å². The van der Waals surface area contributed by atoms with Gasteiger partial charge in [-0.05, 0) is 18.2 Å². The summed E-state index contributed by atoms with van der Waals surface area (Å²) >= 11 is 1.56. The summed E-state index contributed by atoms with van der Waals surface area (Å²) in [7, 11) is 0. The Bertz CT molecular complexity index is 615. The highest BCUT2D eigenvalue weighted by atomic mass is 32.2. The van der Waals surface area contributed by atoms with Crippen molar-refractivity contribution >= 4 is 28.7 Å². The van der Waals surface area contributed by atoms with Crippen LogP contribution in [0.25, 0.3) is 11.2 Å². The molecule has 0 aliphatic carbocycles. The molecule has 3 heterocycles. The van der Waals surface area contributed by atoms with Crippen molar-refractivity contribution in [2.45, 2.75) is 18.6 Å². The predicted octanol–water partition coefficient (Wildman–Crippen LogP) is 0.891. The summed E-state index contributed by atoms with van der Waals surface area (Å²) in [5.74, 6) is 0.922. The fourth-order valence-corrected chi connectivity index (χ4v) is 2.68. The van der Waals surface area contributed by atoms with Gasteiger partial charge in [0.05, 0.1) is 26.0 Å². The van der Waals surface area contributed by atoms with Gasteiger partial charge < -0.3 is 9.64 Å². The Balaban J connectivity index is 2.18. The quantitative estimate of drug-likeness (QED) is 0.476. The van der Waals surface area contributed by atoms with Crippen LogP contribution in [0.1, 0.15) is 6.92 Å². The number of aromatic nitrogens is 4. The van der Waals surface area contributed by atoms with Gasteiger partial charge >= 0.3 is 10.8 Å². The molecular formula is C13H18N5OS+. The van der Waals surface area contributed by atoms with E-state index in [0.717, 1.165) is 55.0 Å². The van der Waals surface area contributed by atoms with Gasteiger partial charge in [-0.1, -0.05) is 11.8 Å². The summed E-state index contributed by atoms with van der Waals surface area (Å²) in [5.41, 5.74) is 1.77. The van der Waals surface area contributed by atoms with E-state index < -0.39 is 0 Å². The largest absolute Gasteiger partial charge is 0.378 e. The summed E-state index contributed by atoms with van der Waals surface area (Å²) in [6, 6.07) is 0. The molecule has 20 heavy (non-hydrogen) atoms. The molecule has 0 N–H and O–H groups in total. The van der Waals surface area contributed by atoms with Crippen molar-refractivity contribution in [3.05, 3.63) is 12.4 Å². The Kier molecular flexibility index (Phi) is 3.98. The Labute approximate surface area is 122 Å². The van der Waals surface area contributed by atoms with E-state index in [0.29, 0.717) is 0 Å². The number of rotatable bonds is 3. The Morgan fingerprint density at radius 2 is 2.15 bits per heavy atom. The minimum Gasteiger partial charge on any atom is -0.378 e. The Hall–Kier alpha value is -1.47. The lowest BCUT2D eigenvalue weighted by Crippen LogP contribution is -2.39. The standard InChI is InChI=1S/C13H18N5OS/c1-3-17-5-4-14-10-11(17)15-13(20-2)16-12(10)18-6-8-19-9-7-18/h4-5H,3,6-9H2,1-2H3/q+1. The maximum Gasteiger partial charge on any atom is 0.356 e. The number of hydrogen-bond acceptors (Lipinski definition) is 6. The molecule has 1 aliphatic heterocycles. The number of thioether (sulfide) groups is 1. The molecule has 0 radical (unpaired) electrons. The van der Waals surface area contributed by atoms with E-state index in [9.17, 15) is 0 Å². The van der Waals surface area contributed by atoms with Gasteiger partial charge in [-0.25, -0.2) is 9.55 Å². The topological polar surface area (TPSA) is 55.0 Å². The first-order valence-corrected chi connectivity index (χ1v) is 7.99. The van der Waals surface area contributed by atoms with E-state index in [-0.39, 0.29) is 0 Å². The molecule has 1 fully saturated rings. The third-order valence-corrected chi connectivity index (χ3v) is 3.93. The van der Waals surface area contributed by atoms with Gasteiger partial charge in [-0.3, -0.25) is 0 Å². The molecule has 1 saturated heterocycles. The number of anilines is 1. The fourth-order valence-electron chi connectivity index (χ4n) is 2.33. The van der Waals surface area contributed by atoms with Gasteiger partial charge in [0.25, 0.3) is 0 Å². The van der Waals surface area contributed by atoms with Gasteiger partial charge in [0, 0.05) is 13.1 Å². The molecule has 3 rings (SSSR count). The summed E-state index contributed by atoms with van der Waals surface area (Å²) in [4.78, 5) is 16.0. The van der Waals surface area contributed by atoms with Crippen molar-refractivity contribution in [1.29, 1.82) is 0 Å². The van der Waals surface area contributed by atoms with Gasteiger partial charge in [0.2, 0.25) is 0 Å². The highest BCUT2D eigenvalue weighted by Crippen LogP contribution is 2.23. The highest BCUT2D eigenvalue weighted by molar-refractivity contribution is 7.98. The van der Waals surface area contributed by atoms with E-state index in [1.807, 2.05) is 18.6 Å². The first-order valence-electron chi connectivity index (χ1n) is 6.76. The van der Waals surface area contributed by atoms with E-state index in [2.05, 4.69) is 31.3 Å². The molecule has 6 nitrogen and oxygen atoms in total. The van der Waals surface area contributed by atoms with Crippen LogP contribution < -0.4 is 9.47 Å². The third kappa shape index (κ3) is 2.43. The van der Waals surface area contributed by atoms with E-state index in [1.165, 1.54) is 0 Å². The molecule has 0 spiro atoms. The summed E-state index contributed by atoms with van der Waals surface area (Å²) in [5, 5.41) is 0.786. The maximum atomic E-state index is 5.42. The van der Waals surface area contributed by atoms with Crippen molar-refractivity contribution < 1.29 is 9.30 Å². The van der Waals surface area contributed by atoms with Crippen molar-refractivity contribution in [1.82, 2.24) is 15.0 Å². The van der Waals surface area contributed by atoms with Crippen LogP contribution >= 0.6 is 11.8 Å². The second kappa shape index (κ2) is 5.88. The molecule has 2 aromatic rings. The van der Waals surface area contributed by atoms with Crippen molar-refractivity contribution in [3.63, 3.8) is 0 Å². The lowest BCUT2D eigenvalue weighted by molar-refractivity contribution is -0.670. The minimum absolute atomic E-state index is 0.737. The van der Waals surface area contributed by atoms with Crippen LogP contribution in [-0.4, -0.2) is 47.5 Å². The number of morpholine rings is 1. The van der Waals surface area contributed by atoms with Crippen molar-refractivity contribution in [2.24, 2.45) is 0 Å². The molecular weight excluding hydrogens is 274 g/mol. The molecule has 7 heteroatoms. The Morgan fingerprint density at radius 3 is 2.85 bits per heavy atom. The normalized spacial score (nSPS) is 15.8. The van der Waals surface area contributed by atoms with Crippen molar-refractivity contribution in [3.8, 4) is 0 Å². The zero-order valence-electron chi connectivity index (χ0n) is 11.7. The zero-order valence-corrected chi connectivity index (χ0v) is 12.6. The zero-order chi connectivity index (χ0) is 13.9. The number of nitrogens with zero attached hydrogens (tertiary/aromatic N) is 5. The first kappa shape index (κ1) is 13.5. The minimum atomic E-state index is 0.737. The number of fused-ring (bicyclic) bond motifs is 1. The monoisotopic (exact) mass is 292 g/mol. The lowest BCUT2D eigenvalue weighted by atomic mass is 10.3. The average molecular weight is 292 g/mol. The van der Waals surface area contributed by atoms with Crippen LogP contribution in [0.4, 0.5) is 5.82 Å². The van der Waals surface area contributed by atoms with Crippen LogP contribution in [0.2, 0.25) is 0 Å². The van der Waals surface area contributed by atoms with Gasteiger partial charge in [0.1, 0.15) is 6.20 Å². The lowest BCUT2D eigenvalue weighted by Gasteiger charge is -2.27.